The molecule has 4 aromatic rings. The number of aromatic hydroxyl groups is 1. The van der Waals surface area contributed by atoms with Gasteiger partial charge in [-0.05, 0) is 23.0 Å². The summed E-state index contributed by atoms with van der Waals surface area (Å²) in [7, 11) is 1.66. The Morgan fingerprint density at radius 2 is 1.20 bits per heavy atom. The first kappa shape index (κ1) is 39.1. The summed E-state index contributed by atoms with van der Waals surface area (Å²) >= 11 is -0.553. The van der Waals surface area contributed by atoms with Crippen molar-refractivity contribution in [3.05, 3.63) is 113 Å². The topological polar surface area (TPSA) is 55.9 Å². The van der Waals surface area contributed by atoms with Crippen LogP contribution in [0.1, 0.15) is 123 Å². The zero-order valence-corrected chi connectivity index (χ0v) is 32.5. The fraction of sp³-hybridized carbons (Fsp3) is 0.439. The molecule has 0 saturated heterocycles. The monoisotopic (exact) mass is 707 g/mol. The van der Waals surface area contributed by atoms with Gasteiger partial charge < -0.3 is 14.8 Å². The van der Waals surface area contributed by atoms with Gasteiger partial charge in [-0.15, -0.1) is 0 Å². The number of hydrogen-bond donors (Lipinski definition) is 1. The van der Waals surface area contributed by atoms with Gasteiger partial charge in [-0.2, -0.15) is 12.4 Å². The third-order valence-corrected chi connectivity index (χ3v) is 10.2. The van der Waals surface area contributed by atoms with Crippen molar-refractivity contribution in [3.63, 3.8) is 0 Å². The van der Waals surface area contributed by atoms with Gasteiger partial charge in [-0.25, -0.2) is 0 Å². The summed E-state index contributed by atoms with van der Waals surface area (Å²) in [4.78, 5) is 3.72. The molecule has 5 heteroatoms. The molecule has 4 rings (SSSR count). The summed E-state index contributed by atoms with van der Waals surface area (Å²) in [6.07, 6.45) is 3.50. The van der Waals surface area contributed by atoms with Crippen molar-refractivity contribution in [2.45, 2.75) is 111 Å². The zero-order chi connectivity index (χ0) is 34.7. The van der Waals surface area contributed by atoms with Crippen LogP contribution in [-0.2, 0) is 34.2 Å². The van der Waals surface area contributed by atoms with E-state index in [9.17, 15) is 5.11 Å². The summed E-state index contributed by atoms with van der Waals surface area (Å²) in [5, 5.41) is 10.4. The van der Waals surface area contributed by atoms with Gasteiger partial charge in [-0.1, -0.05) is 53.7 Å². The van der Waals surface area contributed by atoms with Crippen molar-refractivity contribution in [2.75, 3.05) is 7.11 Å². The van der Waals surface area contributed by atoms with Crippen molar-refractivity contribution in [1.29, 1.82) is 0 Å². The Bertz CT molecular complexity index is 1470. The van der Waals surface area contributed by atoms with Gasteiger partial charge in [0, 0.05) is 11.1 Å². The number of benzene rings is 3. The number of nitrogens with zero attached hydrogens (tertiary/aromatic N) is 2. The number of ether oxygens (including phenoxy) is 1. The molecule has 0 amide bonds. The van der Waals surface area contributed by atoms with E-state index in [1.807, 2.05) is 24.3 Å². The van der Waals surface area contributed by atoms with Crippen LogP contribution >= 0.6 is 0 Å². The average molecular weight is 706 g/mol. The Balaban J connectivity index is 0.000000289. The van der Waals surface area contributed by atoms with Crippen LogP contribution in [0.25, 0.3) is 0 Å². The van der Waals surface area contributed by atoms with E-state index in [1.165, 1.54) is 22.4 Å². The summed E-state index contributed by atoms with van der Waals surface area (Å²) in [6.45, 7) is 26.2. The van der Waals surface area contributed by atoms with Crippen LogP contribution in [0.5, 0.6) is 11.5 Å². The van der Waals surface area contributed by atoms with Crippen LogP contribution in [0.4, 0.5) is 5.69 Å². The maximum Gasteiger partial charge on any atom is 0.123 e. The fourth-order valence-electron chi connectivity index (χ4n) is 4.88. The Morgan fingerprint density at radius 3 is 1.57 bits per heavy atom. The van der Waals surface area contributed by atoms with Gasteiger partial charge >= 0.3 is 156 Å². The number of rotatable bonds is 6. The molecule has 1 aromatic heterocycles. The molecule has 4 nitrogen and oxygen atoms in total. The fourth-order valence-corrected chi connectivity index (χ4v) is 6.77. The van der Waals surface area contributed by atoms with E-state index in [0.717, 1.165) is 16.9 Å². The molecule has 1 heterocycles. The summed E-state index contributed by atoms with van der Waals surface area (Å²) in [5.41, 5.74) is 7.14. The van der Waals surface area contributed by atoms with Crippen LogP contribution in [0.15, 0.2) is 88.7 Å². The minimum atomic E-state index is -0.553. The molecule has 0 aliphatic rings. The predicted octanol–water partition coefficient (Wildman–Crippen LogP) is 11.3. The van der Waals surface area contributed by atoms with Crippen LogP contribution in [0.3, 0.4) is 0 Å². The first-order valence-electron chi connectivity index (χ1n) is 16.2. The Labute approximate surface area is 287 Å². The third-order valence-electron chi connectivity index (χ3n) is 7.74. The van der Waals surface area contributed by atoms with E-state index in [-0.39, 0.29) is 16.2 Å². The van der Waals surface area contributed by atoms with Crippen LogP contribution in [0, 0.1) is 0 Å². The van der Waals surface area contributed by atoms with E-state index >= 15 is 0 Å². The van der Waals surface area contributed by atoms with E-state index in [0.29, 0.717) is 17.6 Å². The number of aromatic nitrogens is 1. The maximum atomic E-state index is 10.4. The molecule has 0 fully saturated rings. The van der Waals surface area contributed by atoms with Crippen molar-refractivity contribution >= 4 is 10.1 Å². The second-order valence-electron chi connectivity index (χ2n) is 14.9. The van der Waals surface area contributed by atoms with Crippen LogP contribution < -0.4 is 9.72 Å². The van der Waals surface area contributed by atoms with E-state index < -0.39 is 17.9 Å². The molecule has 250 valence electrons. The summed E-state index contributed by atoms with van der Waals surface area (Å²) in [5.74, 6) is 2.22. The number of hydrogen-bond acceptors (Lipinski definition) is 3. The first-order chi connectivity index (χ1) is 21.4. The Kier molecular flexibility index (Phi) is 14.6. The maximum absolute atomic E-state index is 10.4. The molecule has 0 unspecified atom stereocenters. The van der Waals surface area contributed by atoms with E-state index in [1.54, 1.807) is 19.5 Å². The molecule has 0 radical (unpaired) electrons. The van der Waals surface area contributed by atoms with Gasteiger partial charge in [0.05, 0.1) is 7.11 Å². The number of phenolic OH excluding ortho intramolecular Hbond substituents is 1. The van der Waals surface area contributed by atoms with Gasteiger partial charge in [0.25, 0.3) is 0 Å². The van der Waals surface area contributed by atoms with Crippen molar-refractivity contribution < 1.29 is 27.8 Å². The average Bonchev–Trinajstić information content (AvgIpc) is 3.57. The second-order valence-corrected chi connectivity index (χ2v) is 16.4. The molecule has 0 atom stereocenters. The predicted molar refractivity (Wildman–Crippen MR) is 194 cm³/mol. The largest absolute Gasteiger partial charge is 0.670 e. The summed E-state index contributed by atoms with van der Waals surface area (Å²) in [6, 6.07) is 25.0. The van der Waals surface area contributed by atoms with Crippen molar-refractivity contribution in [2.24, 2.45) is 3.50 Å². The van der Waals surface area contributed by atoms with Gasteiger partial charge in [0.1, 0.15) is 11.5 Å². The first-order valence-corrected chi connectivity index (χ1v) is 18.3. The molecule has 46 heavy (non-hydrogen) atoms. The second kappa shape index (κ2) is 17.2. The molecule has 1 N–H and O–H groups in total. The molecular weight excluding hydrogens is 648 g/mol. The van der Waals surface area contributed by atoms with Crippen molar-refractivity contribution in [3.8, 4) is 11.5 Å². The van der Waals surface area contributed by atoms with E-state index in [2.05, 4.69) is 141 Å². The number of methoxy groups -OCH3 is 1. The third kappa shape index (κ3) is 11.6. The smallest absolute Gasteiger partial charge is 0.123 e. The Morgan fingerprint density at radius 1 is 0.717 bits per heavy atom. The van der Waals surface area contributed by atoms with Crippen molar-refractivity contribution in [1.82, 2.24) is 4.98 Å². The van der Waals surface area contributed by atoms with Gasteiger partial charge in [0.15, 0.2) is 0 Å². The summed E-state index contributed by atoms with van der Waals surface area (Å²) < 4.78 is 12.9. The molecule has 0 aliphatic carbocycles. The Hall–Kier alpha value is -3.10. The molecule has 3 aromatic carbocycles. The molecule has 0 bridgehead atoms. The normalized spacial score (nSPS) is 11.6. The van der Waals surface area contributed by atoms with Gasteiger partial charge in [0.2, 0.25) is 0 Å². The SMILES string of the molecule is CC(C)c1cccc(C(C)C)c1[N]=[Mo]=[CH]C(C)(C)c1ccccc1.COc1cc(C(C)(C)C)c(O)c(C(C)(C)C)c1.c1cc[n-]c1. The quantitative estimate of drug-likeness (QED) is 0.203. The standard InChI is InChI=1S/C15H24O2.C12H17N.C10H12.C4H4N.Mo/c1-14(2,3)11-8-10(17-7)9-12(13(11)16)15(4,5)6;1-8(2)10-6-5-7-11(9(3)4)12(10)13;1-10(2,3)9-7-5-4-6-8-9;1-2-4-5-3-1;/h8-9,16H,1-7H3;5-9H,1-4H3;1,4-8H,2-3H3;1-4H;/q;;;-1;. The molecule has 0 saturated carbocycles. The van der Waals surface area contributed by atoms with E-state index in [4.69, 9.17) is 8.23 Å². The van der Waals surface area contributed by atoms with Crippen LogP contribution in [0.2, 0.25) is 0 Å². The minimum absolute atomic E-state index is 0.0811. The molecular formula is C41H57MoN2O2-. The number of phenols is 1. The molecule has 0 aliphatic heterocycles. The zero-order valence-electron chi connectivity index (χ0n) is 30.5. The van der Waals surface area contributed by atoms with Crippen LogP contribution in [-0.4, -0.2) is 16.6 Å². The minimum Gasteiger partial charge on any atom is -0.670 e. The van der Waals surface area contributed by atoms with Gasteiger partial charge in [-0.3, -0.25) is 0 Å². The molecule has 0 spiro atoms.